The van der Waals surface area contributed by atoms with Gasteiger partial charge in [-0.05, 0) is 35.1 Å². The lowest BCUT2D eigenvalue weighted by Gasteiger charge is -2.19. The maximum Gasteiger partial charge on any atom is 0.178 e. The second kappa shape index (κ2) is 8.85. The van der Waals surface area contributed by atoms with Gasteiger partial charge >= 0.3 is 0 Å². The largest absolute Gasteiger partial charge is 0.369 e. The van der Waals surface area contributed by atoms with E-state index in [1.54, 1.807) is 0 Å². The standard InChI is InChI=1S/C34H26O2/c35-33(29-19-9-5-15-25(29)26-16-6-10-20-30(26)33)23-13-3-1-2-4-14-24-34(36)31-21-11-7-17-27(31)28-18-8-12-22-32(28)34/h5-12,15-22,35-36H,1-4H2. The van der Waals surface area contributed by atoms with Crippen molar-refractivity contribution in [2.45, 2.75) is 36.9 Å². The highest BCUT2D eigenvalue weighted by molar-refractivity contribution is 5.82. The van der Waals surface area contributed by atoms with Crippen LogP contribution in [0.3, 0.4) is 0 Å². The molecule has 0 aromatic heterocycles. The summed E-state index contributed by atoms with van der Waals surface area (Å²) in [5.41, 5.74) is 5.09. The minimum Gasteiger partial charge on any atom is -0.369 e. The van der Waals surface area contributed by atoms with Crippen molar-refractivity contribution in [1.82, 2.24) is 0 Å². The molecule has 0 bridgehead atoms. The molecule has 0 spiro atoms. The van der Waals surface area contributed by atoms with E-state index in [-0.39, 0.29) is 0 Å². The summed E-state index contributed by atoms with van der Waals surface area (Å²) in [5, 5.41) is 23.0. The molecule has 6 rings (SSSR count). The zero-order valence-corrected chi connectivity index (χ0v) is 20.0. The van der Waals surface area contributed by atoms with Crippen LogP contribution in [0.15, 0.2) is 97.1 Å². The maximum atomic E-state index is 11.5. The van der Waals surface area contributed by atoms with E-state index in [1.807, 2.05) is 97.1 Å². The molecule has 0 amide bonds. The van der Waals surface area contributed by atoms with Gasteiger partial charge in [-0.3, -0.25) is 0 Å². The molecular formula is C34H26O2. The monoisotopic (exact) mass is 466 g/mol. The fourth-order valence-electron chi connectivity index (χ4n) is 5.50. The third-order valence-electron chi connectivity index (χ3n) is 7.24. The van der Waals surface area contributed by atoms with Crippen molar-refractivity contribution in [3.8, 4) is 45.9 Å². The van der Waals surface area contributed by atoms with E-state index in [4.69, 9.17) is 0 Å². The Kier molecular flexibility index (Phi) is 5.50. The molecule has 4 aromatic rings. The molecule has 4 aromatic carbocycles. The predicted molar refractivity (Wildman–Crippen MR) is 144 cm³/mol. The molecule has 0 saturated carbocycles. The van der Waals surface area contributed by atoms with Crippen LogP contribution >= 0.6 is 0 Å². The summed E-state index contributed by atoms with van der Waals surface area (Å²) in [4.78, 5) is 0. The van der Waals surface area contributed by atoms with Gasteiger partial charge in [0.05, 0.1) is 0 Å². The Bertz CT molecular complexity index is 1380. The number of aliphatic hydroxyl groups is 2. The summed E-state index contributed by atoms with van der Waals surface area (Å²) in [6.07, 6.45) is 3.13. The van der Waals surface area contributed by atoms with E-state index >= 15 is 0 Å². The van der Waals surface area contributed by atoms with Crippen molar-refractivity contribution < 1.29 is 10.2 Å². The van der Waals surface area contributed by atoms with Gasteiger partial charge in [-0.2, -0.15) is 0 Å². The van der Waals surface area contributed by atoms with Gasteiger partial charge in [0, 0.05) is 35.1 Å². The van der Waals surface area contributed by atoms with Gasteiger partial charge in [0.25, 0.3) is 0 Å². The van der Waals surface area contributed by atoms with Gasteiger partial charge in [0.15, 0.2) is 11.2 Å². The third kappa shape index (κ3) is 3.47. The Balaban J connectivity index is 1.13. The normalized spacial score (nSPS) is 14.8. The first-order valence-corrected chi connectivity index (χ1v) is 12.5. The lowest BCUT2D eigenvalue weighted by molar-refractivity contribution is 0.150. The highest BCUT2D eigenvalue weighted by Crippen LogP contribution is 2.48. The van der Waals surface area contributed by atoms with Crippen molar-refractivity contribution >= 4 is 0 Å². The molecule has 0 radical (unpaired) electrons. The number of fused-ring (bicyclic) bond motifs is 6. The van der Waals surface area contributed by atoms with Crippen LogP contribution < -0.4 is 0 Å². The molecule has 0 atom stereocenters. The molecule has 36 heavy (non-hydrogen) atoms. The summed E-state index contributed by atoms with van der Waals surface area (Å²) in [5.74, 6) is 12.8. The van der Waals surface area contributed by atoms with E-state index in [0.717, 1.165) is 57.3 Å². The van der Waals surface area contributed by atoms with Crippen LogP contribution in [0, 0.1) is 23.7 Å². The van der Waals surface area contributed by atoms with E-state index in [9.17, 15) is 10.2 Å². The molecule has 0 heterocycles. The molecule has 174 valence electrons. The summed E-state index contributed by atoms with van der Waals surface area (Å²) in [6, 6.07) is 31.8. The Morgan fingerprint density at radius 2 is 0.722 bits per heavy atom. The van der Waals surface area contributed by atoms with Gasteiger partial charge in [-0.1, -0.05) is 121 Å². The molecule has 0 aliphatic heterocycles. The van der Waals surface area contributed by atoms with Crippen LogP contribution in [0.2, 0.25) is 0 Å². The van der Waals surface area contributed by atoms with E-state index in [1.165, 1.54) is 0 Å². The number of benzene rings is 4. The van der Waals surface area contributed by atoms with Crippen molar-refractivity contribution in [2.75, 3.05) is 0 Å². The van der Waals surface area contributed by atoms with Crippen molar-refractivity contribution in [3.05, 3.63) is 119 Å². The smallest absolute Gasteiger partial charge is 0.178 e. The molecular weight excluding hydrogens is 440 g/mol. The van der Waals surface area contributed by atoms with Crippen LogP contribution in [0.1, 0.15) is 47.9 Å². The topological polar surface area (TPSA) is 40.5 Å². The number of hydrogen-bond donors (Lipinski definition) is 2. The van der Waals surface area contributed by atoms with Crippen LogP contribution in [0.4, 0.5) is 0 Å². The van der Waals surface area contributed by atoms with Crippen molar-refractivity contribution in [2.24, 2.45) is 0 Å². The zero-order valence-electron chi connectivity index (χ0n) is 20.0. The van der Waals surface area contributed by atoms with E-state index in [0.29, 0.717) is 12.8 Å². The fourth-order valence-corrected chi connectivity index (χ4v) is 5.50. The fraction of sp³-hybridized carbons (Fsp3) is 0.176. The summed E-state index contributed by atoms with van der Waals surface area (Å²) in [7, 11) is 0. The van der Waals surface area contributed by atoms with Gasteiger partial charge in [0.2, 0.25) is 0 Å². The number of unbranched alkanes of at least 4 members (excludes halogenated alkanes) is 3. The second-order valence-corrected chi connectivity index (χ2v) is 9.41. The van der Waals surface area contributed by atoms with E-state index in [2.05, 4.69) is 23.7 Å². The van der Waals surface area contributed by atoms with Crippen LogP contribution in [-0.2, 0) is 11.2 Å². The first kappa shape index (κ1) is 22.4. The van der Waals surface area contributed by atoms with Crippen molar-refractivity contribution in [1.29, 1.82) is 0 Å². The molecule has 0 saturated heterocycles. The molecule has 0 unspecified atom stereocenters. The highest BCUT2D eigenvalue weighted by Gasteiger charge is 2.40. The second-order valence-electron chi connectivity index (χ2n) is 9.41. The first-order valence-electron chi connectivity index (χ1n) is 12.5. The molecule has 0 fully saturated rings. The van der Waals surface area contributed by atoms with E-state index < -0.39 is 11.2 Å². The van der Waals surface area contributed by atoms with Crippen LogP contribution in [-0.4, -0.2) is 10.2 Å². The average Bonchev–Trinajstić information content (AvgIpc) is 3.33. The van der Waals surface area contributed by atoms with Gasteiger partial charge in [0.1, 0.15) is 0 Å². The highest BCUT2D eigenvalue weighted by atomic mass is 16.3. The third-order valence-corrected chi connectivity index (χ3v) is 7.24. The molecule has 2 aliphatic rings. The zero-order chi connectivity index (χ0) is 24.6. The summed E-state index contributed by atoms with van der Waals surface area (Å²) in [6.45, 7) is 0. The van der Waals surface area contributed by atoms with Crippen molar-refractivity contribution in [3.63, 3.8) is 0 Å². The molecule has 2 nitrogen and oxygen atoms in total. The van der Waals surface area contributed by atoms with Gasteiger partial charge < -0.3 is 10.2 Å². The lowest BCUT2D eigenvalue weighted by Crippen LogP contribution is -2.22. The number of hydrogen-bond acceptors (Lipinski definition) is 2. The minimum atomic E-state index is -1.26. The minimum absolute atomic E-state index is 0.685. The maximum absolute atomic E-state index is 11.5. The van der Waals surface area contributed by atoms with Crippen LogP contribution in [0.25, 0.3) is 22.3 Å². The first-order chi connectivity index (χ1) is 17.6. The molecule has 2 N–H and O–H groups in total. The molecule has 2 heteroatoms. The summed E-state index contributed by atoms with van der Waals surface area (Å²) >= 11 is 0. The Morgan fingerprint density at radius 3 is 1.03 bits per heavy atom. The summed E-state index contributed by atoms with van der Waals surface area (Å²) < 4.78 is 0. The van der Waals surface area contributed by atoms with Gasteiger partial charge in [-0.15, -0.1) is 0 Å². The quantitative estimate of drug-likeness (QED) is 0.271. The predicted octanol–water partition coefficient (Wildman–Crippen LogP) is 6.39. The van der Waals surface area contributed by atoms with Gasteiger partial charge in [-0.25, -0.2) is 0 Å². The Morgan fingerprint density at radius 1 is 0.444 bits per heavy atom. The lowest BCUT2D eigenvalue weighted by atomic mass is 9.91. The van der Waals surface area contributed by atoms with Crippen LogP contribution in [0.5, 0.6) is 0 Å². The SMILES string of the molecule is OC1(C#CCCCCC#CC2(O)c3ccccc3-c3ccccc32)c2ccccc2-c2ccccc21. The number of rotatable bonds is 3. The average molecular weight is 467 g/mol. The Labute approximate surface area is 212 Å². The molecule has 2 aliphatic carbocycles. The Hall–Kier alpha value is -4.08.